The maximum atomic E-state index is 12.3. The van der Waals surface area contributed by atoms with Crippen molar-refractivity contribution in [1.82, 2.24) is 0 Å². The molecule has 0 amide bonds. The molecule has 0 aromatic carbocycles. The summed E-state index contributed by atoms with van der Waals surface area (Å²) in [5.41, 5.74) is -0.261. The van der Waals surface area contributed by atoms with Crippen molar-refractivity contribution >= 4 is 23.5 Å². The summed E-state index contributed by atoms with van der Waals surface area (Å²) in [7, 11) is 2.51. The standard InChI is InChI=1S/C18H26O7/c1-4-7-12(19)16-13(20)10-11(8-5-6-9-14(21)24-2)15(17(16)22)18(23)25-3/h11,15,22H,4-10H2,1-3H3. The van der Waals surface area contributed by atoms with E-state index in [1.807, 2.05) is 0 Å². The van der Waals surface area contributed by atoms with Crippen molar-refractivity contribution < 1.29 is 33.8 Å². The van der Waals surface area contributed by atoms with Crippen LogP contribution in [0.2, 0.25) is 0 Å². The van der Waals surface area contributed by atoms with Crippen LogP contribution in [0.15, 0.2) is 11.3 Å². The number of rotatable bonds is 9. The van der Waals surface area contributed by atoms with E-state index in [1.165, 1.54) is 14.2 Å². The Morgan fingerprint density at radius 2 is 1.80 bits per heavy atom. The van der Waals surface area contributed by atoms with Gasteiger partial charge in [-0.05, 0) is 25.2 Å². The Morgan fingerprint density at radius 1 is 1.12 bits per heavy atom. The minimum absolute atomic E-state index is 0.00678. The van der Waals surface area contributed by atoms with Crippen molar-refractivity contribution in [3.05, 3.63) is 11.3 Å². The van der Waals surface area contributed by atoms with E-state index >= 15 is 0 Å². The minimum atomic E-state index is -1.02. The third-order valence-corrected chi connectivity index (χ3v) is 4.39. The van der Waals surface area contributed by atoms with Crippen LogP contribution in [-0.2, 0) is 28.7 Å². The van der Waals surface area contributed by atoms with Gasteiger partial charge in [-0.3, -0.25) is 19.2 Å². The van der Waals surface area contributed by atoms with Crippen LogP contribution >= 0.6 is 0 Å². The van der Waals surface area contributed by atoms with Crippen LogP contribution in [0.4, 0.5) is 0 Å². The van der Waals surface area contributed by atoms with E-state index in [0.717, 1.165) is 0 Å². The fourth-order valence-electron chi connectivity index (χ4n) is 3.11. The molecule has 0 radical (unpaired) electrons. The maximum absolute atomic E-state index is 12.3. The number of aliphatic hydroxyl groups excluding tert-OH is 1. The number of Topliss-reactive ketones (excluding diaryl/α,β-unsaturated/α-hetero) is 2. The van der Waals surface area contributed by atoms with Crippen molar-refractivity contribution in [1.29, 1.82) is 0 Å². The number of ketones is 2. The molecule has 7 heteroatoms. The van der Waals surface area contributed by atoms with Crippen molar-refractivity contribution in [2.24, 2.45) is 11.8 Å². The summed E-state index contributed by atoms with van der Waals surface area (Å²) in [6.07, 6.45) is 2.55. The first kappa shape index (κ1) is 20.9. The van der Waals surface area contributed by atoms with Gasteiger partial charge in [-0.1, -0.05) is 13.3 Å². The van der Waals surface area contributed by atoms with Crippen LogP contribution in [0.1, 0.15) is 51.9 Å². The zero-order chi connectivity index (χ0) is 19.0. The number of carbonyl (C=O) groups is 4. The molecule has 1 N–H and O–H groups in total. The molecular formula is C18H26O7. The van der Waals surface area contributed by atoms with E-state index in [0.29, 0.717) is 25.7 Å². The second-order valence-electron chi connectivity index (χ2n) is 6.14. The zero-order valence-corrected chi connectivity index (χ0v) is 15.0. The van der Waals surface area contributed by atoms with Crippen molar-refractivity contribution in [2.75, 3.05) is 14.2 Å². The molecule has 1 rings (SSSR count). The molecule has 1 aliphatic carbocycles. The number of carbonyl (C=O) groups excluding carboxylic acids is 4. The number of ether oxygens (including phenoxy) is 2. The molecule has 0 aromatic heterocycles. The van der Waals surface area contributed by atoms with Crippen LogP contribution in [-0.4, -0.2) is 42.8 Å². The molecule has 25 heavy (non-hydrogen) atoms. The van der Waals surface area contributed by atoms with E-state index in [9.17, 15) is 24.3 Å². The molecule has 2 unspecified atom stereocenters. The largest absolute Gasteiger partial charge is 0.510 e. The Morgan fingerprint density at radius 3 is 2.36 bits per heavy atom. The van der Waals surface area contributed by atoms with E-state index in [2.05, 4.69) is 4.74 Å². The predicted octanol–water partition coefficient (Wildman–Crippen LogP) is 2.28. The smallest absolute Gasteiger partial charge is 0.316 e. The molecule has 0 aliphatic heterocycles. The summed E-state index contributed by atoms with van der Waals surface area (Å²) in [6, 6.07) is 0. The average molecular weight is 354 g/mol. The first-order valence-corrected chi connectivity index (χ1v) is 8.51. The second kappa shape index (κ2) is 9.96. The Bertz CT molecular complexity index is 562. The number of methoxy groups -OCH3 is 2. The Hall–Kier alpha value is -2.18. The van der Waals surface area contributed by atoms with Crippen LogP contribution < -0.4 is 0 Å². The topological polar surface area (TPSA) is 107 Å². The number of unbranched alkanes of at least 4 members (excludes halogenated alkanes) is 1. The lowest BCUT2D eigenvalue weighted by Crippen LogP contribution is -2.36. The van der Waals surface area contributed by atoms with Crippen LogP contribution in [0.25, 0.3) is 0 Å². The fraction of sp³-hybridized carbons (Fsp3) is 0.667. The summed E-state index contributed by atoms with van der Waals surface area (Å²) in [4.78, 5) is 47.6. The first-order valence-electron chi connectivity index (χ1n) is 8.51. The molecule has 0 saturated heterocycles. The number of hydrogen-bond donors (Lipinski definition) is 1. The molecule has 0 fully saturated rings. The molecule has 0 saturated carbocycles. The van der Waals surface area contributed by atoms with Crippen LogP contribution in [0, 0.1) is 11.8 Å². The number of hydrogen-bond acceptors (Lipinski definition) is 7. The number of aliphatic hydroxyl groups is 1. The SMILES string of the molecule is CCCC(=O)C1=C(O)C(C(=O)OC)C(CCCCC(=O)OC)CC1=O. The van der Waals surface area contributed by atoms with E-state index in [-0.39, 0.29) is 30.8 Å². The summed E-state index contributed by atoms with van der Waals surface area (Å²) in [5.74, 6) is -3.80. The molecule has 1 aliphatic rings. The maximum Gasteiger partial charge on any atom is 0.316 e. The minimum Gasteiger partial charge on any atom is -0.510 e. The summed E-state index contributed by atoms with van der Waals surface area (Å²) in [6.45, 7) is 1.80. The Kier molecular flexibility index (Phi) is 8.31. The lowest BCUT2D eigenvalue weighted by molar-refractivity contribution is -0.148. The molecule has 0 aromatic rings. The molecule has 0 heterocycles. The van der Waals surface area contributed by atoms with Crippen LogP contribution in [0.3, 0.4) is 0 Å². The molecule has 0 bridgehead atoms. The highest BCUT2D eigenvalue weighted by molar-refractivity contribution is 6.21. The van der Waals surface area contributed by atoms with Gasteiger partial charge in [0.2, 0.25) is 0 Å². The summed E-state index contributed by atoms with van der Waals surface area (Å²) < 4.78 is 9.31. The van der Waals surface area contributed by atoms with Crippen molar-refractivity contribution in [2.45, 2.75) is 51.9 Å². The molecule has 2 atom stereocenters. The molecule has 0 spiro atoms. The predicted molar refractivity (Wildman–Crippen MR) is 88.7 cm³/mol. The van der Waals surface area contributed by atoms with Gasteiger partial charge in [-0.25, -0.2) is 0 Å². The monoisotopic (exact) mass is 354 g/mol. The third-order valence-electron chi connectivity index (χ3n) is 4.39. The second-order valence-corrected chi connectivity index (χ2v) is 6.14. The van der Waals surface area contributed by atoms with Gasteiger partial charge in [0, 0.05) is 19.3 Å². The first-order chi connectivity index (χ1) is 11.9. The number of allylic oxidation sites excluding steroid dienone is 1. The van der Waals surface area contributed by atoms with Gasteiger partial charge < -0.3 is 14.6 Å². The summed E-state index contributed by atoms with van der Waals surface area (Å²) in [5, 5.41) is 10.4. The lowest BCUT2D eigenvalue weighted by Gasteiger charge is -2.29. The number of esters is 2. The third kappa shape index (κ3) is 5.41. The molecule has 140 valence electrons. The van der Waals surface area contributed by atoms with E-state index < -0.39 is 35.1 Å². The fourth-order valence-corrected chi connectivity index (χ4v) is 3.11. The highest BCUT2D eigenvalue weighted by Crippen LogP contribution is 2.36. The normalized spacial score (nSPS) is 20.4. The Balaban J connectivity index is 2.92. The van der Waals surface area contributed by atoms with Crippen molar-refractivity contribution in [3.8, 4) is 0 Å². The lowest BCUT2D eigenvalue weighted by atomic mass is 9.74. The average Bonchev–Trinajstić information content (AvgIpc) is 2.57. The Labute approximate surface area is 147 Å². The van der Waals surface area contributed by atoms with Gasteiger partial charge >= 0.3 is 11.9 Å². The van der Waals surface area contributed by atoms with Gasteiger partial charge in [0.25, 0.3) is 0 Å². The summed E-state index contributed by atoms with van der Waals surface area (Å²) >= 11 is 0. The molecular weight excluding hydrogens is 328 g/mol. The van der Waals surface area contributed by atoms with Gasteiger partial charge in [-0.2, -0.15) is 0 Å². The zero-order valence-electron chi connectivity index (χ0n) is 15.0. The van der Waals surface area contributed by atoms with Gasteiger partial charge in [-0.15, -0.1) is 0 Å². The van der Waals surface area contributed by atoms with Gasteiger partial charge in [0.1, 0.15) is 11.7 Å². The van der Waals surface area contributed by atoms with E-state index in [4.69, 9.17) is 4.74 Å². The van der Waals surface area contributed by atoms with Gasteiger partial charge in [0.15, 0.2) is 11.6 Å². The molecule has 7 nitrogen and oxygen atoms in total. The highest BCUT2D eigenvalue weighted by atomic mass is 16.5. The highest BCUT2D eigenvalue weighted by Gasteiger charge is 2.42. The van der Waals surface area contributed by atoms with E-state index in [1.54, 1.807) is 6.92 Å². The quantitative estimate of drug-likeness (QED) is 0.384. The van der Waals surface area contributed by atoms with Crippen molar-refractivity contribution in [3.63, 3.8) is 0 Å². The van der Waals surface area contributed by atoms with Crippen LogP contribution in [0.5, 0.6) is 0 Å². The van der Waals surface area contributed by atoms with Gasteiger partial charge in [0.05, 0.1) is 19.8 Å².